The summed E-state index contributed by atoms with van der Waals surface area (Å²) in [4.78, 5) is 15.9. The predicted molar refractivity (Wildman–Crippen MR) is 83.1 cm³/mol. The second-order valence-corrected chi connectivity index (χ2v) is 5.00. The summed E-state index contributed by atoms with van der Waals surface area (Å²) >= 11 is 0. The average molecular weight is 314 g/mol. The van der Waals surface area contributed by atoms with Crippen LogP contribution >= 0.6 is 0 Å². The third kappa shape index (κ3) is 2.75. The first-order valence-electron chi connectivity index (χ1n) is 6.98. The molecule has 0 saturated heterocycles. The van der Waals surface area contributed by atoms with Crippen LogP contribution in [0.3, 0.4) is 0 Å². The minimum atomic E-state index is -0.546. The summed E-state index contributed by atoms with van der Waals surface area (Å²) in [5.74, 6) is -0.431. The fourth-order valence-electron chi connectivity index (χ4n) is 2.51. The van der Waals surface area contributed by atoms with Gasteiger partial charge < -0.3 is 14.0 Å². The van der Waals surface area contributed by atoms with Gasteiger partial charge in [0.2, 0.25) is 0 Å². The van der Waals surface area contributed by atoms with Gasteiger partial charge in [-0.3, -0.25) is 0 Å². The second kappa shape index (κ2) is 6.08. The number of ether oxygens (including phenoxy) is 2. The summed E-state index contributed by atoms with van der Waals surface area (Å²) in [7, 11) is 2.79. The zero-order valence-electron chi connectivity index (χ0n) is 12.7. The average Bonchev–Trinajstić information content (AvgIpc) is 2.98. The van der Waals surface area contributed by atoms with Crippen LogP contribution < -0.4 is 4.74 Å². The summed E-state index contributed by atoms with van der Waals surface area (Å²) < 4.78 is 25.0. The first kappa shape index (κ1) is 15.0. The Morgan fingerprint density at radius 2 is 1.96 bits per heavy atom. The summed E-state index contributed by atoms with van der Waals surface area (Å²) in [5, 5.41) is 0.769. The van der Waals surface area contributed by atoms with Gasteiger partial charge in [-0.1, -0.05) is 12.1 Å². The van der Waals surface area contributed by atoms with Crippen LogP contribution in [-0.4, -0.2) is 29.7 Å². The molecule has 0 atom stereocenters. The molecule has 3 aromatic rings. The van der Waals surface area contributed by atoms with Gasteiger partial charge >= 0.3 is 5.97 Å². The summed E-state index contributed by atoms with van der Waals surface area (Å²) in [6, 6.07) is 8.17. The lowest BCUT2D eigenvalue weighted by Gasteiger charge is -2.09. The van der Waals surface area contributed by atoms with Crippen molar-refractivity contribution in [1.82, 2.24) is 9.55 Å². The summed E-state index contributed by atoms with van der Waals surface area (Å²) in [5.41, 5.74) is 1.92. The first-order chi connectivity index (χ1) is 11.1. The molecule has 2 aromatic heterocycles. The number of aromatic nitrogens is 2. The van der Waals surface area contributed by atoms with Crippen molar-refractivity contribution in [2.45, 2.75) is 6.54 Å². The molecule has 0 spiro atoms. The van der Waals surface area contributed by atoms with Crippen LogP contribution in [0.15, 0.2) is 42.7 Å². The highest BCUT2D eigenvalue weighted by atomic mass is 19.1. The Labute approximate surface area is 132 Å². The number of methoxy groups -OCH3 is 2. The predicted octanol–water partition coefficient (Wildman–Crippen LogP) is 3.02. The van der Waals surface area contributed by atoms with Crippen molar-refractivity contribution in [3.05, 3.63) is 59.8 Å². The van der Waals surface area contributed by atoms with Crippen LogP contribution in [0.1, 0.15) is 16.1 Å². The van der Waals surface area contributed by atoms with Crippen LogP contribution in [0, 0.1) is 5.82 Å². The maximum Gasteiger partial charge on any atom is 0.360 e. The third-order valence-corrected chi connectivity index (χ3v) is 3.63. The van der Waals surface area contributed by atoms with Crippen LogP contribution in [0.25, 0.3) is 10.9 Å². The minimum absolute atomic E-state index is 0.141. The molecule has 23 heavy (non-hydrogen) atoms. The van der Waals surface area contributed by atoms with Gasteiger partial charge in [0.1, 0.15) is 5.82 Å². The first-order valence-corrected chi connectivity index (χ1v) is 6.98. The normalized spacial score (nSPS) is 10.7. The van der Waals surface area contributed by atoms with Crippen molar-refractivity contribution in [2.24, 2.45) is 0 Å². The van der Waals surface area contributed by atoms with E-state index in [1.165, 1.54) is 26.4 Å². The molecule has 3 rings (SSSR count). The molecule has 6 heteroatoms. The Bertz CT molecular complexity index is 856. The molecule has 2 heterocycles. The van der Waals surface area contributed by atoms with E-state index in [1.807, 2.05) is 16.8 Å². The minimum Gasteiger partial charge on any atom is -0.493 e. The fourth-order valence-corrected chi connectivity index (χ4v) is 2.51. The van der Waals surface area contributed by atoms with Gasteiger partial charge in [0.15, 0.2) is 11.4 Å². The van der Waals surface area contributed by atoms with Crippen molar-refractivity contribution < 1.29 is 18.7 Å². The molecule has 0 aliphatic rings. The molecule has 0 unspecified atom stereocenters. The van der Waals surface area contributed by atoms with Gasteiger partial charge in [0.05, 0.1) is 25.9 Å². The Hall–Kier alpha value is -2.89. The summed E-state index contributed by atoms with van der Waals surface area (Å²) in [6.45, 7) is 0.562. The Kier molecular flexibility index (Phi) is 3.97. The monoisotopic (exact) mass is 314 g/mol. The number of fused-ring (bicyclic) bond motifs is 1. The van der Waals surface area contributed by atoms with Crippen LogP contribution in [0.5, 0.6) is 5.75 Å². The molecular formula is C17H15FN2O3. The molecule has 1 aromatic carbocycles. The molecule has 118 valence electrons. The Morgan fingerprint density at radius 1 is 1.22 bits per heavy atom. The van der Waals surface area contributed by atoms with Crippen molar-refractivity contribution in [1.29, 1.82) is 0 Å². The highest BCUT2D eigenvalue weighted by Crippen LogP contribution is 2.29. The number of pyridine rings is 1. The molecule has 0 fully saturated rings. The largest absolute Gasteiger partial charge is 0.493 e. The van der Waals surface area contributed by atoms with Crippen LogP contribution in [0.4, 0.5) is 4.39 Å². The highest BCUT2D eigenvalue weighted by molar-refractivity contribution is 5.98. The molecule has 0 amide bonds. The van der Waals surface area contributed by atoms with Crippen molar-refractivity contribution in [2.75, 3.05) is 14.2 Å². The Morgan fingerprint density at radius 3 is 2.61 bits per heavy atom. The molecular weight excluding hydrogens is 299 g/mol. The van der Waals surface area contributed by atoms with Gasteiger partial charge in [-0.15, -0.1) is 0 Å². The molecule has 0 aliphatic carbocycles. The highest BCUT2D eigenvalue weighted by Gasteiger charge is 2.19. The lowest BCUT2D eigenvalue weighted by molar-refractivity contribution is 0.0590. The molecule has 0 radical (unpaired) electrons. The van der Waals surface area contributed by atoms with E-state index >= 15 is 0 Å². The number of halogens is 1. The number of carbonyl (C=O) groups is 1. The van der Waals surface area contributed by atoms with E-state index in [4.69, 9.17) is 9.47 Å². The number of hydrogen-bond acceptors (Lipinski definition) is 4. The van der Waals surface area contributed by atoms with Crippen molar-refractivity contribution in [3.63, 3.8) is 0 Å². The van der Waals surface area contributed by atoms with Crippen LogP contribution in [-0.2, 0) is 11.3 Å². The molecule has 0 saturated carbocycles. The van der Waals surface area contributed by atoms with E-state index in [2.05, 4.69) is 4.98 Å². The lowest BCUT2D eigenvalue weighted by atomic mass is 10.2. The summed E-state index contributed by atoms with van der Waals surface area (Å²) in [6.07, 6.45) is 3.48. The van der Waals surface area contributed by atoms with E-state index in [9.17, 15) is 9.18 Å². The van der Waals surface area contributed by atoms with E-state index in [0.717, 1.165) is 16.5 Å². The van der Waals surface area contributed by atoms with E-state index in [0.29, 0.717) is 12.3 Å². The van der Waals surface area contributed by atoms with Crippen molar-refractivity contribution in [3.8, 4) is 5.75 Å². The molecule has 0 aliphatic heterocycles. The third-order valence-electron chi connectivity index (χ3n) is 3.63. The second-order valence-electron chi connectivity index (χ2n) is 5.00. The molecule has 0 N–H and O–H groups in total. The van der Waals surface area contributed by atoms with E-state index in [-0.39, 0.29) is 11.5 Å². The zero-order chi connectivity index (χ0) is 16.4. The van der Waals surface area contributed by atoms with Gasteiger partial charge in [-0.25, -0.2) is 14.2 Å². The number of esters is 1. The van der Waals surface area contributed by atoms with Gasteiger partial charge in [0, 0.05) is 18.1 Å². The number of carbonyl (C=O) groups excluding carboxylic acids is 1. The fraction of sp³-hybridized carbons (Fsp3) is 0.176. The number of benzene rings is 1. The topological polar surface area (TPSA) is 53.3 Å². The quantitative estimate of drug-likeness (QED) is 0.695. The number of rotatable bonds is 4. The van der Waals surface area contributed by atoms with Gasteiger partial charge in [0.25, 0.3) is 0 Å². The Balaban J connectivity index is 2.04. The smallest absolute Gasteiger partial charge is 0.360 e. The van der Waals surface area contributed by atoms with Gasteiger partial charge in [-0.05, 0) is 23.8 Å². The maximum atomic E-state index is 13.0. The number of hydrogen-bond donors (Lipinski definition) is 0. The molecule has 5 nitrogen and oxygen atoms in total. The maximum absolute atomic E-state index is 13.0. The number of nitrogens with zero attached hydrogens (tertiary/aromatic N) is 2. The lowest BCUT2D eigenvalue weighted by Crippen LogP contribution is -2.07. The van der Waals surface area contributed by atoms with Crippen molar-refractivity contribution >= 4 is 16.9 Å². The zero-order valence-corrected chi connectivity index (χ0v) is 12.7. The standard InChI is InChI=1S/C17H15FN2O3/c1-22-16-13-7-8-20(10-11-3-5-12(18)6-4-11)14(13)9-19-15(16)17(21)23-2/h3-9H,10H2,1-2H3. The van der Waals surface area contributed by atoms with Crippen LogP contribution in [0.2, 0.25) is 0 Å². The van der Waals surface area contributed by atoms with Gasteiger partial charge in [-0.2, -0.15) is 0 Å². The SMILES string of the molecule is COC(=O)c1ncc2c(ccn2Cc2ccc(F)cc2)c1OC. The molecule has 0 bridgehead atoms. The van der Waals surface area contributed by atoms with E-state index < -0.39 is 5.97 Å². The van der Waals surface area contributed by atoms with E-state index in [1.54, 1.807) is 18.3 Å².